The van der Waals surface area contributed by atoms with Crippen molar-refractivity contribution in [2.45, 2.75) is 19.4 Å². The summed E-state index contributed by atoms with van der Waals surface area (Å²) in [7, 11) is 1.87. The van der Waals surface area contributed by atoms with E-state index in [1.807, 2.05) is 19.3 Å². The normalized spacial score (nSPS) is 16.9. The summed E-state index contributed by atoms with van der Waals surface area (Å²) in [6.45, 7) is 3.21. The third-order valence-corrected chi connectivity index (χ3v) is 4.32. The second kappa shape index (κ2) is 6.66. The Morgan fingerprint density at radius 1 is 1.23 bits per heavy atom. The van der Waals surface area contributed by atoms with E-state index in [2.05, 4.69) is 35.3 Å². The molecule has 0 aromatic carbocycles. The molecular formula is C17H19FN8. The molecule has 4 rings (SSSR count). The van der Waals surface area contributed by atoms with Crippen molar-refractivity contribution in [1.29, 1.82) is 0 Å². The third kappa shape index (κ3) is 3.32. The molecule has 3 aromatic rings. The van der Waals surface area contributed by atoms with E-state index in [0.717, 1.165) is 24.2 Å². The highest BCUT2D eigenvalue weighted by Crippen LogP contribution is 2.22. The molecule has 4 heterocycles. The van der Waals surface area contributed by atoms with Crippen molar-refractivity contribution in [2.75, 3.05) is 23.3 Å². The largest absolute Gasteiger partial charge is 0.363 e. The predicted octanol–water partition coefficient (Wildman–Crippen LogP) is 1.81. The highest BCUT2D eigenvalue weighted by atomic mass is 19.1. The highest BCUT2D eigenvalue weighted by molar-refractivity contribution is 5.58. The van der Waals surface area contributed by atoms with E-state index < -0.39 is 5.82 Å². The Morgan fingerprint density at radius 3 is 2.92 bits per heavy atom. The van der Waals surface area contributed by atoms with Crippen LogP contribution in [0.3, 0.4) is 0 Å². The van der Waals surface area contributed by atoms with E-state index >= 15 is 0 Å². The van der Waals surface area contributed by atoms with Crippen LogP contribution in [-0.2, 0) is 7.05 Å². The minimum atomic E-state index is -0.441. The van der Waals surface area contributed by atoms with Gasteiger partial charge in [-0.1, -0.05) is 0 Å². The van der Waals surface area contributed by atoms with Crippen LogP contribution in [0.5, 0.6) is 0 Å². The smallest absolute Gasteiger partial charge is 0.225 e. The molecule has 1 unspecified atom stereocenters. The van der Waals surface area contributed by atoms with Crippen molar-refractivity contribution in [2.24, 2.45) is 7.05 Å². The van der Waals surface area contributed by atoms with Crippen molar-refractivity contribution in [3.8, 4) is 11.3 Å². The molecular weight excluding hydrogens is 335 g/mol. The monoisotopic (exact) mass is 354 g/mol. The fourth-order valence-electron chi connectivity index (χ4n) is 3.02. The summed E-state index contributed by atoms with van der Waals surface area (Å²) in [6.07, 6.45) is 7.49. The summed E-state index contributed by atoms with van der Waals surface area (Å²) in [5, 5.41) is 7.34. The van der Waals surface area contributed by atoms with Crippen molar-refractivity contribution in [1.82, 2.24) is 29.7 Å². The van der Waals surface area contributed by atoms with E-state index in [-0.39, 0.29) is 11.9 Å². The molecule has 1 N–H and O–H groups in total. The van der Waals surface area contributed by atoms with Gasteiger partial charge < -0.3 is 10.2 Å². The molecule has 1 aliphatic rings. The zero-order valence-electron chi connectivity index (χ0n) is 14.6. The van der Waals surface area contributed by atoms with Crippen molar-refractivity contribution in [3.63, 3.8) is 0 Å². The molecule has 1 fully saturated rings. The van der Waals surface area contributed by atoms with Crippen LogP contribution in [0.15, 0.2) is 30.9 Å². The van der Waals surface area contributed by atoms with Gasteiger partial charge in [0.15, 0.2) is 11.6 Å². The Balaban J connectivity index is 1.48. The first-order valence-corrected chi connectivity index (χ1v) is 8.41. The minimum absolute atomic E-state index is 0.0736. The van der Waals surface area contributed by atoms with Crippen LogP contribution in [0.4, 0.5) is 16.2 Å². The molecule has 1 atom stereocenters. The van der Waals surface area contributed by atoms with Gasteiger partial charge in [0.25, 0.3) is 0 Å². The molecule has 1 saturated heterocycles. The molecule has 0 spiro atoms. The Morgan fingerprint density at radius 2 is 2.12 bits per heavy atom. The first-order chi connectivity index (χ1) is 12.6. The van der Waals surface area contributed by atoms with Gasteiger partial charge in [0.1, 0.15) is 5.82 Å². The van der Waals surface area contributed by atoms with E-state index in [0.29, 0.717) is 18.3 Å². The Labute approximate surface area is 150 Å². The fraction of sp³-hybridized carbons (Fsp3) is 0.353. The Hall–Kier alpha value is -3.10. The lowest BCUT2D eigenvalue weighted by Gasteiger charge is -2.17. The number of nitrogens with one attached hydrogen (secondary N) is 1. The number of rotatable bonds is 4. The summed E-state index contributed by atoms with van der Waals surface area (Å²) in [5.74, 6) is 1.00. The number of halogens is 1. The quantitative estimate of drug-likeness (QED) is 0.765. The highest BCUT2D eigenvalue weighted by Gasteiger charge is 2.25. The minimum Gasteiger partial charge on any atom is -0.363 e. The molecule has 26 heavy (non-hydrogen) atoms. The number of nitrogens with zero attached hydrogens (tertiary/aromatic N) is 7. The van der Waals surface area contributed by atoms with Crippen LogP contribution in [0.1, 0.15) is 12.2 Å². The maximum atomic E-state index is 13.9. The summed E-state index contributed by atoms with van der Waals surface area (Å²) < 4.78 is 15.6. The second-order valence-corrected chi connectivity index (χ2v) is 6.33. The van der Waals surface area contributed by atoms with Gasteiger partial charge >= 0.3 is 0 Å². The molecule has 3 aromatic heterocycles. The van der Waals surface area contributed by atoms with Crippen molar-refractivity contribution >= 4 is 11.8 Å². The van der Waals surface area contributed by atoms with Crippen LogP contribution < -0.4 is 10.2 Å². The van der Waals surface area contributed by atoms with Crippen LogP contribution in [0, 0.1) is 12.7 Å². The molecule has 0 amide bonds. The molecule has 9 heteroatoms. The number of aryl methyl sites for hydroxylation is 2. The van der Waals surface area contributed by atoms with Gasteiger partial charge in [-0.05, 0) is 19.4 Å². The third-order valence-electron chi connectivity index (χ3n) is 4.32. The molecule has 134 valence electrons. The maximum Gasteiger partial charge on any atom is 0.225 e. The molecule has 0 bridgehead atoms. The van der Waals surface area contributed by atoms with Gasteiger partial charge in [0.05, 0.1) is 18.1 Å². The molecule has 0 aliphatic carbocycles. The zero-order valence-corrected chi connectivity index (χ0v) is 14.6. The van der Waals surface area contributed by atoms with E-state index in [4.69, 9.17) is 0 Å². The van der Waals surface area contributed by atoms with Gasteiger partial charge in [-0.2, -0.15) is 5.10 Å². The zero-order chi connectivity index (χ0) is 18.1. The van der Waals surface area contributed by atoms with Crippen LogP contribution in [0.25, 0.3) is 11.3 Å². The summed E-state index contributed by atoms with van der Waals surface area (Å²) >= 11 is 0. The summed E-state index contributed by atoms with van der Waals surface area (Å²) in [6, 6.07) is 1.94. The number of hydrogen-bond acceptors (Lipinski definition) is 7. The first-order valence-electron chi connectivity index (χ1n) is 8.41. The van der Waals surface area contributed by atoms with Crippen LogP contribution in [0.2, 0.25) is 0 Å². The number of hydrogen-bond donors (Lipinski definition) is 1. The average molecular weight is 354 g/mol. The molecule has 1 aliphatic heterocycles. The van der Waals surface area contributed by atoms with Crippen LogP contribution >= 0.6 is 0 Å². The first kappa shape index (κ1) is 16.4. The topological polar surface area (TPSA) is 84.7 Å². The van der Waals surface area contributed by atoms with Gasteiger partial charge in [-0.25, -0.2) is 24.3 Å². The summed E-state index contributed by atoms with van der Waals surface area (Å²) in [5.41, 5.74) is 1.78. The molecule has 8 nitrogen and oxygen atoms in total. The maximum absolute atomic E-state index is 13.9. The fourth-order valence-corrected chi connectivity index (χ4v) is 3.02. The predicted molar refractivity (Wildman–Crippen MR) is 95.2 cm³/mol. The Kier molecular flexibility index (Phi) is 4.19. The van der Waals surface area contributed by atoms with Crippen molar-refractivity contribution in [3.05, 3.63) is 42.5 Å². The van der Waals surface area contributed by atoms with Crippen molar-refractivity contribution < 1.29 is 4.39 Å². The van der Waals surface area contributed by atoms with E-state index in [1.165, 1.54) is 6.20 Å². The lowest BCUT2D eigenvalue weighted by atomic mass is 10.2. The van der Waals surface area contributed by atoms with Gasteiger partial charge in [0.2, 0.25) is 5.95 Å². The van der Waals surface area contributed by atoms with E-state index in [1.54, 1.807) is 24.0 Å². The van der Waals surface area contributed by atoms with E-state index in [9.17, 15) is 4.39 Å². The summed E-state index contributed by atoms with van der Waals surface area (Å²) in [4.78, 5) is 19.1. The molecule has 0 radical (unpaired) electrons. The SMILES string of the molecule is Cc1ncc(F)c(NC2CCN(c3nccc(-c4cnn(C)c4)n3)C2)n1. The average Bonchev–Trinajstić information content (AvgIpc) is 3.28. The second-order valence-electron chi connectivity index (χ2n) is 6.33. The van der Waals surface area contributed by atoms with Gasteiger partial charge in [-0.15, -0.1) is 0 Å². The lowest BCUT2D eigenvalue weighted by molar-refractivity contribution is 0.609. The number of aromatic nitrogens is 6. The van der Waals surface area contributed by atoms with Crippen LogP contribution in [-0.4, -0.2) is 48.8 Å². The standard InChI is InChI=1S/C17H19FN8/c1-11-20-8-14(18)16(22-11)23-13-4-6-26(10-13)17-19-5-3-15(24-17)12-7-21-25(2)9-12/h3,5,7-9,13H,4,6,10H2,1-2H3,(H,20,22,23). The van der Waals surface area contributed by atoms with Gasteiger partial charge in [0, 0.05) is 44.1 Å². The van der Waals surface area contributed by atoms with Gasteiger partial charge in [-0.3, -0.25) is 4.68 Å². The number of anilines is 2. The lowest BCUT2D eigenvalue weighted by Crippen LogP contribution is -2.28. The Bertz CT molecular complexity index is 925. The molecule has 0 saturated carbocycles.